The van der Waals surface area contributed by atoms with Gasteiger partial charge in [-0.2, -0.15) is 0 Å². The lowest BCUT2D eigenvalue weighted by Gasteiger charge is -2.38. The summed E-state index contributed by atoms with van der Waals surface area (Å²) in [5, 5.41) is 6.45. The summed E-state index contributed by atoms with van der Waals surface area (Å²) in [5.74, 6) is 0.810. The molecule has 30 heavy (non-hydrogen) atoms. The van der Waals surface area contributed by atoms with E-state index in [1.54, 1.807) is 18.4 Å². The third-order valence-electron chi connectivity index (χ3n) is 5.57. The molecular formula is C23H23N3O3S. The molecule has 2 aromatic carbocycles. The molecule has 1 saturated heterocycles. The summed E-state index contributed by atoms with van der Waals surface area (Å²) < 4.78 is 11.2. The van der Waals surface area contributed by atoms with Crippen molar-refractivity contribution in [3.05, 3.63) is 65.2 Å². The van der Waals surface area contributed by atoms with Gasteiger partial charge in [0.05, 0.1) is 24.5 Å². The van der Waals surface area contributed by atoms with Crippen LogP contribution in [0.3, 0.4) is 0 Å². The van der Waals surface area contributed by atoms with Crippen molar-refractivity contribution in [1.82, 2.24) is 9.88 Å². The molecule has 7 heteroatoms. The van der Waals surface area contributed by atoms with Crippen molar-refractivity contribution in [3.8, 4) is 16.3 Å². The highest BCUT2D eigenvalue weighted by molar-refractivity contribution is 7.13. The smallest absolute Gasteiger partial charge is 0.257 e. The largest absolute Gasteiger partial charge is 0.497 e. The average Bonchev–Trinajstić information content (AvgIpc) is 3.48. The molecule has 2 aliphatic rings. The summed E-state index contributed by atoms with van der Waals surface area (Å²) in [5.41, 5.74) is 3.36. The van der Waals surface area contributed by atoms with E-state index >= 15 is 0 Å². The molecular weight excluding hydrogens is 398 g/mol. The predicted octanol–water partition coefficient (Wildman–Crippen LogP) is 4.56. The number of hydrogen-bond acceptors (Lipinski definition) is 6. The van der Waals surface area contributed by atoms with E-state index in [9.17, 15) is 4.79 Å². The Morgan fingerprint density at radius 3 is 3.00 bits per heavy atom. The third-order valence-corrected chi connectivity index (χ3v) is 6.47. The van der Waals surface area contributed by atoms with E-state index in [0.717, 1.165) is 47.2 Å². The molecule has 1 aromatic heterocycles. The maximum Gasteiger partial charge on any atom is 0.257 e. The third kappa shape index (κ3) is 3.55. The highest BCUT2D eigenvalue weighted by Gasteiger charge is 2.36. The number of hydrogen-bond donors (Lipinski definition) is 1. The number of nitrogens with zero attached hydrogens (tertiary/aromatic N) is 2. The van der Waals surface area contributed by atoms with Gasteiger partial charge < -0.3 is 19.7 Å². The maximum atomic E-state index is 13.3. The van der Waals surface area contributed by atoms with Crippen LogP contribution in [0, 0.1) is 0 Å². The first-order chi connectivity index (χ1) is 14.7. The van der Waals surface area contributed by atoms with Crippen LogP contribution in [0.1, 0.15) is 35.1 Å². The highest BCUT2D eigenvalue weighted by atomic mass is 32.1. The Morgan fingerprint density at radius 1 is 1.27 bits per heavy atom. The van der Waals surface area contributed by atoms with Crippen LogP contribution in [0.4, 0.5) is 5.69 Å². The molecule has 3 heterocycles. The summed E-state index contributed by atoms with van der Waals surface area (Å²) in [7, 11) is 1.66. The van der Waals surface area contributed by atoms with Gasteiger partial charge in [0.25, 0.3) is 5.91 Å². The van der Waals surface area contributed by atoms with E-state index in [4.69, 9.17) is 14.5 Å². The summed E-state index contributed by atoms with van der Waals surface area (Å²) in [6, 6.07) is 15.5. The van der Waals surface area contributed by atoms with Crippen LogP contribution in [0.15, 0.2) is 53.9 Å². The van der Waals surface area contributed by atoms with Gasteiger partial charge in [0.15, 0.2) is 0 Å². The molecule has 1 amide bonds. The summed E-state index contributed by atoms with van der Waals surface area (Å²) in [6.45, 7) is 1.31. The van der Waals surface area contributed by atoms with E-state index in [1.165, 1.54) is 0 Å². The molecule has 1 fully saturated rings. The van der Waals surface area contributed by atoms with Crippen molar-refractivity contribution in [2.75, 3.05) is 25.6 Å². The SMILES string of the molecule is COc1cccc(-c2nc([C@@H]3Nc4ccccc4C(=O)N3C[C@@H]3CCCO3)cs2)c1. The van der Waals surface area contributed by atoms with Gasteiger partial charge in [-0.15, -0.1) is 11.3 Å². The number of amides is 1. The van der Waals surface area contributed by atoms with Gasteiger partial charge in [-0.1, -0.05) is 24.3 Å². The summed E-state index contributed by atoms with van der Waals surface area (Å²) in [6.07, 6.45) is 1.76. The zero-order valence-electron chi connectivity index (χ0n) is 16.7. The minimum atomic E-state index is -0.327. The van der Waals surface area contributed by atoms with E-state index in [-0.39, 0.29) is 18.2 Å². The molecule has 0 radical (unpaired) electrons. The van der Waals surface area contributed by atoms with E-state index in [1.807, 2.05) is 58.8 Å². The predicted molar refractivity (Wildman–Crippen MR) is 117 cm³/mol. The van der Waals surface area contributed by atoms with Crippen LogP contribution in [-0.4, -0.2) is 42.2 Å². The van der Waals surface area contributed by atoms with Crippen LogP contribution in [0.25, 0.3) is 10.6 Å². The second kappa shape index (κ2) is 8.08. The number of para-hydroxylation sites is 1. The zero-order valence-corrected chi connectivity index (χ0v) is 17.5. The Hall–Kier alpha value is -2.90. The molecule has 0 saturated carbocycles. The fourth-order valence-corrected chi connectivity index (χ4v) is 4.86. The monoisotopic (exact) mass is 421 g/mol. The van der Waals surface area contributed by atoms with Crippen molar-refractivity contribution < 1.29 is 14.3 Å². The zero-order chi connectivity index (χ0) is 20.5. The van der Waals surface area contributed by atoms with Gasteiger partial charge in [-0.3, -0.25) is 4.79 Å². The lowest BCUT2D eigenvalue weighted by Crippen LogP contribution is -2.46. The maximum absolute atomic E-state index is 13.3. The minimum absolute atomic E-state index is 0.0146. The molecule has 0 unspecified atom stereocenters. The fourth-order valence-electron chi connectivity index (χ4n) is 4.02. The number of carbonyl (C=O) groups excluding carboxylic acids is 1. The van der Waals surface area contributed by atoms with Crippen LogP contribution < -0.4 is 10.1 Å². The van der Waals surface area contributed by atoms with Crippen LogP contribution >= 0.6 is 11.3 Å². The van der Waals surface area contributed by atoms with E-state index < -0.39 is 0 Å². The number of thiazole rings is 1. The topological polar surface area (TPSA) is 63.7 Å². The molecule has 6 nitrogen and oxygen atoms in total. The molecule has 0 spiro atoms. The lowest BCUT2D eigenvalue weighted by atomic mass is 10.1. The number of anilines is 1. The number of rotatable bonds is 5. The molecule has 3 aromatic rings. The molecule has 2 atom stereocenters. The number of carbonyl (C=O) groups is 1. The molecule has 154 valence electrons. The average molecular weight is 422 g/mol. The number of benzene rings is 2. The normalized spacial score (nSPS) is 20.7. The van der Waals surface area contributed by atoms with Crippen molar-refractivity contribution in [2.24, 2.45) is 0 Å². The Bertz CT molecular complexity index is 1060. The standard InChI is InChI=1S/C23H23N3O3S/c1-28-16-7-4-6-15(12-16)22-25-20(14-30-22)21-24-19-10-3-2-9-18(19)23(27)26(21)13-17-8-5-11-29-17/h2-4,6-7,9-10,12,14,17,21,24H,5,8,11,13H2,1H3/t17-,21+/m0/s1. The fraction of sp³-hybridized carbons (Fsp3) is 0.304. The first-order valence-electron chi connectivity index (χ1n) is 10.1. The van der Waals surface area contributed by atoms with Crippen LogP contribution in [-0.2, 0) is 4.74 Å². The summed E-state index contributed by atoms with van der Waals surface area (Å²) >= 11 is 1.57. The molecule has 1 N–H and O–H groups in total. The number of ether oxygens (including phenoxy) is 2. The first-order valence-corrected chi connectivity index (χ1v) is 11.0. The van der Waals surface area contributed by atoms with Gasteiger partial charge in [0.2, 0.25) is 0 Å². The second-order valence-corrected chi connectivity index (χ2v) is 8.35. The molecule has 5 rings (SSSR count). The quantitative estimate of drug-likeness (QED) is 0.654. The van der Waals surface area contributed by atoms with E-state index in [0.29, 0.717) is 12.1 Å². The van der Waals surface area contributed by atoms with E-state index in [2.05, 4.69) is 5.32 Å². The number of fused-ring (bicyclic) bond motifs is 1. The highest BCUT2D eigenvalue weighted by Crippen LogP contribution is 2.36. The Morgan fingerprint density at radius 2 is 2.17 bits per heavy atom. The lowest BCUT2D eigenvalue weighted by molar-refractivity contribution is 0.0423. The number of methoxy groups -OCH3 is 1. The molecule has 0 aliphatic carbocycles. The molecule has 0 bridgehead atoms. The first kappa shape index (κ1) is 19.1. The molecule has 2 aliphatic heterocycles. The number of aromatic nitrogens is 1. The van der Waals surface area contributed by atoms with Crippen molar-refractivity contribution in [1.29, 1.82) is 0 Å². The van der Waals surface area contributed by atoms with Gasteiger partial charge in [0, 0.05) is 29.8 Å². The van der Waals surface area contributed by atoms with Gasteiger partial charge in [0.1, 0.15) is 16.9 Å². The van der Waals surface area contributed by atoms with Crippen molar-refractivity contribution >= 4 is 22.9 Å². The van der Waals surface area contributed by atoms with Crippen LogP contribution in [0.2, 0.25) is 0 Å². The van der Waals surface area contributed by atoms with Crippen LogP contribution in [0.5, 0.6) is 5.75 Å². The second-order valence-electron chi connectivity index (χ2n) is 7.49. The Kier molecular flexibility index (Phi) is 5.14. The minimum Gasteiger partial charge on any atom is -0.497 e. The van der Waals surface area contributed by atoms with Gasteiger partial charge in [-0.25, -0.2) is 4.98 Å². The van der Waals surface area contributed by atoms with Crippen molar-refractivity contribution in [2.45, 2.75) is 25.1 Å². The Labute approximate surface area is 179 Å². The number of nitrogens with one attached hydrogen (secondary N) is 1. The van der Waals surface area contributed by atoms with Gasteiger partial charge in [-0.05, 0) is 37.1 Å². The Balaban J connectivity index is 1.49. The van der Waals surface area contributed by atoms with Gasteiger partial charge >= 0.3 is 0 Å². The summed E-state index contributed by atoms with van der Waals surface area (Å²) in [4.78, 5) is 20.1. The van der Waals surface area contributed by atoms with Crippen molar-refractivity contribution in [3.63, 3.8) is 0 Å².